The van der Waals surface area contributed by atoms with Gasteiger partial charge in [-0.05, 0) is 57.4 Å². The third-order valence-electron chi connectivity index (χ3n) is 3.67. The van der Waals surface area contributed by atoms with Gasteiger partial charge in [-0.25, -0.2) is 9.37 Å². The Morgan fingerprint density at radius 3 is 2.82 bits per heavy atom. The standard InChI is InChI=1S/C20H23FN4O2S/c1-5-18(25(7-3)23-6-2)24-19(26)17-11-14(21)13-22-20(17)27-15-9-8-10-16(12-15)28-4/h5-6,8-13H,7H2,1-4H3,(H,24,26)/b18-5-,23-6-. The number of nitrogens with one attached hydrogen (secondary N) is 1. The van der Waals surface area contributed by atoms with E-state index in [1.165, 1.54) is 0 Å². The molecular weight excluding hydrogens is 379 g/mol. The van der Waals surface area contributed by atoms with Crippen molar-refractivity contribution in [3.63, 3.8) is 0 Å². The smallest absolute Gasteiger partial charge is 0.262 e. The number of benzene rings is 1. The summed E-state index contributed by atoms with van der Waals surface area (Å²) >= 11 is 1.56. The second-order valence-electron chi connectivity index (χ2n) is 5.50. The molecule has 1 N–H and O–H groups in total. The van der Waals surface area contributed by atoms with E-state index >= 15 is 0 Å². The molecule has 0 aliphatic carbocycles. The maximum Gasteiger partial charge on any atom is 0.262 e. The highest BCUT2D eigenvalue weighted by atomic mass is 32.2. The number of rotatable bonds is 8. The van der Waals surface area contributed by atoms with Crippen LogP contribution >= 0.6 is 11.8 Å². The average Bonchev–Trinajstić information content (AvgIpc) is 2.71. The Balaban J connectivity index is 2.31. The molecule has 1 heterocycles. The van der Waals surface area contributed by atoms with Crippen LogP contribution in [-0.2, 0) is 0 Å². The molecule has 0 atom stereocenters. The highest BCUT2D eigenvalue weighted by molar-refractivity contribution is 7.98. The Kier molecular flexibility index (Phi) is 8.01. The van der Waals surface area contributed by atoms with Gasteiger partial charge in [-0.1, -0.05) is 6.07 Å². The number of nitrogens with zero attached hydrogens (tertiary/aromatic N) is 3. The molecule has 0 aliphatic heterocycles. The number of allylic oxidation sites excluding steroid dienone is 1. The lowest BCUT2D eigenvalue weighted by molar-refractivity contribution is 0.0948. The van der Waals surface area contributed by atoms with E-state index < -0.39 is 11.7 Å². The predicted octanol–water partition coefficient (Wildman–Crippen LogP) is 4.65. The number of aromatic nitrogens is 1. The second-order valence-corrected chi connectivity index (χ2v) is 6.38. The minimum absolute atomic E-state index is 0.00886. The quantitative estimate of drug-likeness (QED) is 0.395. The van der Waals surface area contributed by atoms with E-state index in [9.17, 15) is 9.18 Å². The molecular formula is C20H23FN4O2S. The summed E-state index contributed by atoms with van der Waals surface area (Å²) in [6.07, 6.45) is 6.30. The van der Waals surface area contributed by atoms with Gasteiger partial charge in [-0.15, -0.1) is 11.8 Å². The van der Waals surface area contributed by atoms with Crippen molar-refractivity contribution in [3.05, 3.63) is 59.8 Å². The largest absolute Gasteiger partial charge is 0.438 e. The number of hydrazone groups is 1. The van der Waals surface area contributed by atoms with E-state index in [0.29, 0.717) is 18.1 Å². The molecule has 0 aliphatic rings. The lowest BCUT2D eigenvalue weighted by atomic mass is 10.2. The molecule has 8 heteroatoms. The Morgan fingerprint density at radius 2 is 2.18 bits per heavy atom. The first-order valence-corrected chi connectivity index (χ1v) is 9.96. The van der Waals surface area contributed by atoms with Gasteiger partial charge in [0.15, 0.2) is 0 Å². The number of thioether (sulfide) groups is 1. The van der Waals surface area contributed by atoms with Crippen LogP contribution in [0.4, 0.5) is 4.39 Å². The van der Waals surface area contributed by atoms with Crippen LogP contribution in [0.25, 0.3) is 0 Å². The zero-order chi connectivity index (χ0) is 20.5. The van der Waals surface area contributed by atoms with Crippen molar-refractivity contribution in [3.8, 4) is 11.6 Å². The first-order valence-electron chi connectivity index (χ1n) is 8.73. The number of hydrogen-bond acceptors (Lipinski definition) is 6. The molecule has 2 rings (SSSR count). The van der Waals surface area contributed by atoms with Gasteiger partial charge < -0.3 is 10.1 Å². The van der Waals surface area contributed by atoms with Crippen molar-refractivity contribution >= 4 is 23.9 Å². The van der Waals surface area contributed by atoms with Gasteiger partial charge in [0.1, 0.15) is 23.0 Å². The fraction of sp³-hybridized carbons (Fsp3) is 0.250. The van der Waals surface area contributed by atoms with Gasteiger partial charge in [0.2, 0.25) is 5.88 Å². The second kappa shape index (κ2) is 10.5. The summed E-state index contributed by atoms with van der Waals surface area (Å²) in [6.45, 7) is 6.01. The monoisotopic (exact) mass is 402 g/mol. The fourth-order valence-electron chi connectivity index (χ4n) is 2.37. The molecule has 0 saturated heterocycles. The van der Waals surface area contributed by atoms with Gasteiger partial charge in [-0.3, -0.25) is 9.80 Å². The topological polar surface area (TPSA) is 66.8 Å². The molecule has 0 radical (unpaired) electrons. The Morgan fingerprint density at radius 1 is 1.39 bits per heavy atom. The van der Waals surface area contributed by atoms with Gasteiger partial charge >= 0.3 is 0 Å². The van der Waals surface area contributed by atoms with Crippen molar-refractivity contribution < 1.29 is 13.9 Å². The summed E-state index contributed by atoms with van der Waals surface area (Å²) < 4.78 is 19.5. The van der Waals surface area contributed by atoms with Crippen molar-refractivity contribution in [2.45, 2.75) is 25.7 Å². The van der Waals surface area contributed by atoms with E-state index in [-0.39, 0.29) is 11.4 Å². The summed E-state index contributed by atoms with van der Waals surface area (Å²) in [7, 11) is 0. The van der Waals surface area contributed by atoms with Crippen molar-refractivity contribution in [1.82, 2.24) is 15.3 Å². The minimum atomic E-state index is -0.628. The highest BCUT2D eigenvalue weighted by Crippen LogP contribution is 2.27. The molecule has 6 nitrogen and oxygen atoms in total. The van der Waals surface area contributed by atoms with Crippen LogP contribution in [0.3, 0.4) is 0 Å². The van der Waals surface area contributed by atoms with Gasteiger partial charge in [-0.2, -0.15) is 5.10 Å². The van der Waals surface area contributed by atoms with Crippen LogP contribution in [0.1, 0.15) is 31.1 Å². The van der Waals surface area contributed by atoms with Crippen LogP contribution < -0.4 is 10.1 Å². The number of carbonyl (C=O) groups excluding carboxylic acids is 1. The fourth-order valence-corrected chi connectivity index (χ4v) is 2.82. The zero-order valence-corrected chi connectivity index (χ0v) is 17.1. The van der Waals surface area contributed by atoms with Crippen LogP contribution in [0, 0.1) is 5.82 Å². The Bertz CT molecular complexity index is 886. The summed E-state index contributed by atoms with van der Waals surface area (Å²) in [5, 5.41) is 8.55. The lowest BCUT2D eigenvalue weighted by Crippen LogP contribution is -2.32. The van der Waals surface area contributed by atoms with E-state index in [1.807, 2.05) is 31.4 Å². The number of amides is 1. The summed E-state index contributed by atoms with van der Waals surface area (Å²) in [4.78, 5) is 17.8. The molecule has 1 amide bonds. The molecule has 1 aromatic heterocycles. The lowest BCUT2D eigenvalue weighted by Gasteiger charge is -2.21. The predicted molar refractivity (Wildman–Crippen MR) is 110 cm³/mol. The van der Waals surface area contributed by atoms with Crippen LogP contribution in [0.15, 0.2) is 58.4 Å². The molecule has 148 valence electrons. The number of carbonyl (C=O) groups is 1. The third-order valence-corrected chi connectivity index (χ3v) is 4.39. The zero-order valence-electron chi connectivity index (χ0n) is 16.3. The molecule has 1 aromatic carbocycles. The first-order chi connectivity index (χ1) is 13.5. The van der Waals surface area contributed by atoms with Gasteiger partial charge in [0.25, 0.3) is 5.91 Å². The van der Waals surface area contributed by atoms with Crippen molar-refractivity contribution in [2.24, 2.45) is 5.10 Å². The van der Waals surface area contributed by atoms with Gasteiger partial charge in [0, 0.05) is 17.7 Å². The van der Waals surface area contributed by atoms with E-state index in [4.69, 9.17) is 4.74 Å². The van der Waals surface area contributed by atoms with E-state index in [0.717, 1.165) is 17.2 Å². The number of hydrogen-bond donors (Lipinski definition) is 1. The summed E-state index contributed by atoms with van der Waals surface area (Å²) in [5.74, 6) is -0.158. The van der Waals surface area contributed by atoms with Crippen LogP contribution in [0.2, 0.25) is 0 Å². The van der Waals surface area contributed by atoms with E-state index in [2.05, 4.69) is 15.4 Å². The summed E-state index contributed by atoms with van der Waals surface area (Å²) in [6, 6.07) is 8.45. The average molecular weight is 402 g/mol. The maximum atomic E-state index is 13.8. The van der Waals surface area contributed by atoms with Crippen molar-refractivity contribution in [1.29, 1.82) is 0 Å². The molecule has 0 saturated carbocycles. The number of halogens is 1. The molecule has 0 bridgehead atoms. The number of ether oxygens (including phenoxy) is 1. The first kappa shape index (κ1) is 21.4. The van der Waals surface area contributed by atoms with Crippen LogP contribution in [0.5, 0.6) is 11.6 Å². The summed E-state index contributed by atoms with van der Waals surface area (Å²) in [5.41, 5.74) is -0.00886. The van der Waals surface area contributed by atoms with Crippen molar-refractivity contribution in [2.75, 3.05) is 12.8 Å². The molecule has 0 spiro atoms. The molecule has 2 aromatic rings. The number of pyridine rings is 1. The minimum Gasteiger partial charge on any atom is -0.438 e. The normalized spacial score (nSPS) is 11.5. The Hall–Kier alpha value is -2.87. The van der Waals surface area contributed by atoms with Crippen LogP contribution in [-0.4, -0.2) is 34.9 Å². The molecule has 28 heavy (non-hydrogen) atoms. The third kappa shape index (κ3) is 5.56. The Labute approximate surface area is 168 Å². The van der Waals surface area contributed by atoms with Gasteiger partial charge in [0.05, 0.1) is 6.20 Å². The highest BCUT2D eigenvalue weighted by Gasteiger charge is 2.19. The molecule has 0 unspecified atom stereocenters. The SMILES string of the molecule is C/C=N\N(CC)/C(=C\C)NC(=O)c1cc(F)cnc1Oc1cccc(SC)c1. The molecule has 0 fully saturated rings. The van der Waals surface area contributed by atoms with E-state index in [1.54, 1.807) is 49.0 Å². The maximum absolute atomic E-state index is 13.8.